The zero-order valence-corrected chi connectivity index (χ0v) is 13.0. The van der Waals surface area contributed by atoms with Crippen LogP contribution in [-0.2, 0) is 9.53 Å². The molecule has 5 heteroatoms. The highest BCUT2D eigenvalue weighted by Gasteiger charge is 2.26. The Kier molecular flexibility index (Phi) is 6.23. The lowest BCUT2D eigenvalue weighted by molar-refractivity contribution is -0.150. The average molecular weight is 302 g/mol. The Bertz CT molecular complexity index is 522. The van der Waals surface area contributed by atoms with Gasteiger partial charge in [0.05, 0.1) is 24.2 Å². The summed E-state index contributed by atoms with van der Waals surface area (Å²) >= 11 is 0. The SMILES string of the molecule is CCOC(=O)C1CCCN(CCOc2ccc(C#N)cc2)C1. The maximum absolute atomic E-state index is 11.8. The van der Waals surface area contributed by atoms with Crippen LogP contribution in [0, 0.1) is 17.2 Å². The van der Waals surface area contributed by atoms with Crippen molar-refractivity contribution in [3.8, 4) is 11.8 Å². The number of hydrogen-bond donors (Lipinski definition) is 0. The highest BCUT2D eigenvalue weighted by atomic mass is 16.5. The normalized spacial score (nSPS) is 18.5. The van der Waals surface area contributed by atoms with Crippen LogP contribution in [0.4, 0.5) is 0 Å². The van der Waals surface area contributed by atoms with E-state index < -0.39 is 0 Å². The minimum atomic E-state index is -0.0831. The number of ether oxygens (including phenoxy) is 2. The summed E-state index contributed by atoms with van der Waals surface area (Å²) in [5.41, 5.74) is 0.626. The molecule has 22 heavy (non-hydrogen) atoms. The van der Waals surface area contributed by atoms with Crippen molar-refractivity contribution in [1.82, 2.24) is 4.90 Å². The van der Waals surface area contributed by atoms with Crippen molar-refractivity contribution in [2.24, 2.45) is 5.92 Å². The van der Waals surface area contributed by atoms with Gasteiger partial charge in [-0.05, 0) is 50.6 Å². The largest absolute Gasteiger partial charge is 0.492 e. The summed E-state index contributed by atoms with van der Waals surface area (Å²) in [5.74, 6) is 0.668. The first-order chi connectivity index (χ1) is 10.7. The zero-order valence-electron chi connectivity index (χ0n) is 13.0. The standard InChI is InChI=1S/C17H22N2O3/c1-2-21-17(20)15-4-3-9-19(13-15)10-11-22-16-7-5-14(12-18)6-8-16/h5-8,15H,2-4,9-11,13H2,1H3. The number of rotatable bonds is 6. The molecule has 1 aromatic rings. The third-order valence-electron chi connectivity index (χ3n) is 3.79. The molecule has 0 saturated carbocycles. The molecule has 0 amide bonds. The Morgan fingerprint density at radius 2 is 2.18 bits per heavy atom. The van der Waals surface area contributed by atoms with Crippen molar-refractivity contribution in [2.45, 2.75) is 19.8 Å². The number of benzene rings is 1. The van der Waals surface area contributed by atoms with Gasteiger partial charge in [-0.15, -0.1) is 0 Å². The van der Waals surface area contributed by atoms with E-state index in [4.69, 9.17) is 14.7 Å². The molecule has 1 unspecified atom stereocenters. The Hall–Kier alpha value is -2.06. The molecule has 1 fully saturated rings. The van der Waals surface area contributed by atoms with E-state index in [1.165, 1.54) is 0 Å². The van der Waals surface area contributed by atoms with Gasteiger partial charge in [0.25, 0.3) is 0 Å². The van der Waals surface area contributed by atoms with Crippen molar-refractivity contribution in [2.75, 3.05) is 32.8 Å². The van der Waals surface area contributed by atoms with Crippen molar-refractivity contribution in [1.29, 1.82) is 5.26 Å². The Morgan fingerprint density at radius 3 is 2.86 bits per heavy atom. The van der Waals surface area contributed by atoms with Gasteiger partial charge in [-0.25, -0.2) is 0 Å². The van der Waals surface area contributed by atoms with Crippen LogP contribution in [0.5, 0.6) is 5.75 Å². The summed E-state index contributed by atoms with van der Waals surface area (Å²) in [5, 5.41) is 8.75. The Balaban J connectivity index is 1.74. The molecular weight excluding hydrogens is 280 g/mol. The molecule has 1 saturated heterocycles. The monoisotopic (exact) mass is 302 g/mol. The molecule has 2 rings (SSSR count). The number of hydrogen-bond acceptors (Lipinski definition) is 5. The van der Waals surface area contributed by atoms with Crippen molar-refractivity contribution in [3.05, 3.63) is 29.8 Å². The lowest BCUT2D eigenvalue weighted by Gasteiger charge is -2.31. The third kappa shape index (κ3) is 4.74. The van der Waals surface area contributed by atoms with Gasteiger partial charge in [0.1, 0.15) is 12.4 Å². The van der Waals surface area contributed by atoms with Crippen molar-refractivity contribution < 1.29 is 14.3 Å². The summed E-state index contributed by atoms with van der Waals surface area (Å²) < 4.78 is 10.8. The second kappa shape index (κ2) is 8.40. The molecule has 1 aliphatic rings. The van der Waals surface area contributed by atoms with Gasteiger partial charge in [-0.2, -0.15) is 5.26 Å². The fraction of sp³-hybridized carbons (Fsp3) is 0.529. The predicted molar refractivity (Wildman–Crippen MR) is 82.4 cm³/mol. The summed E-state index contributed by atoms with van der Waals surface area (Å²) in [7, 11) is 0. The third-order valence-corrected chi connectivity index (χ3v) is 3.79. The van der Waals surface area contributed by atoms with E-state index >= 15 is 0 Å². The fourth-order valence-electron chi connectivity index (χ4n) is 2.63. The van der Waals surface area contributed by atoms with E-state index in [0.717, 1.165) is 38.2 Å². The molecule has 0 N–H and O–H groups in total. The molecule has 0 spiro atoms. The number of nitriles is 1. The molecular formula is C17H22N2O3. The smallest absolute Gasteiger partial charge is 0.310 e. The second-order valence-corrected chi connectivity index (χ2v) is 5.38. The summed E-state index contributed by atoms with van der Waals surface area (Å²) in [6, 6.07) is 9.17. The Labute approximate surface area is 131 Å². The number of likely N-dealkylation sites (tertiary alicyclic amines) is 1. The van der Waals surface area contributed by atoms with Crippen LogP contribution in [0.15, 0.2) is 24.3 Å². The van der Waals surface area contributed by atoms with Crippen LogP contribution < -0.4 is 4.74 Å². The van der Waals surface area contributed by atoms with Gasteiger partial charge in [-0.1, -0.05) is 0 Å². The number of nitrogens with zero attached hydrogens (tertiary/aromatic N) is 2. The molecule has 0 aromatic heterocycles. The number of esters is 1. The summed E-state index contributed by atoms with van der Waals surface area (Å²) in [4.78, 5) is 14.0. The van der Waals surface area contributed by atoms with E-state index in [0.29, 0.717) is 18.8 Å². The van der Waals surface area contributed by atoms with Gasteiger partial charge in [-0.3, -0.25) is 9.69 Å². The van der Waals surface area contributed by atoms with Gasteiger partial charge in [0.15, 0.2) is 0 Å². The van der Waals surface area contributed by atoms with Crippen LogP contribution in [-0.4, -0.2) is 43.7 Å². The topological polar surface area (TPSA) is 62.6 Å². The highest BCUT2D eigenvalue weighted by Crippen LogP contribution is 2.18. The van der Waals surface area contributed by atoms with E-state index in [1.807, 2.05) is 6.92 Å². The van der Waals surface area contributed by atoms with E-state index in [1.54, 1.807) is 24.3 Å². The first-order valence-electron chi connectivity index (χ1n) is 7.75. The first-order valence-corrected chi connectivity index (χ1v) is 7.75. The minimum absolute atomic E-state index is 0.0105. The van der Waals surface area contributed by atoms with Gasteiger partial charge in [0, 0.05) is 13.1 Å². The number of carbonyl (C=O) groups is 1. The van der Waals surface area contributed by atoms with Crippen LogP contribution >= 0.6 is 0 Å². The maximum atomic E-state index is 11.8. The van der Waals surface area contributed by atoms with Crippen molar-refractivity contribution >= 4 is 5.97 Å². The van der Waals surface area contributed by atoms with Gasteiger partial charge in [0.2, 0.25) is 0 Å². The fourth-order valence-corrected chi connectivity index (χ4v) is 2.63. The van der Waals surface area contributed by atoms with Crippen molar-refractivity contribution in [3.63, 3.8) is 0 Å². The average Bonchev–Trinajstić information content (AvgIpc) is 2.56. The lowest BCUT2D eigenvalue weighted by Crippen LogP contribution is -2.41. The number of piperidine rings is 1. The first kappa shape index (κ1) is 16.3. The number of carbonyl (C=O) groups excluding carboxylic acids is 1. The van der Waals surface area contributed by atoms with Gasteiger partial charge >= 0.3 is 5.97 Å². The second-order valence-electron chi connectivity index (χ2n) is 5.38. The molecule has 1 heterocycles. The molecule has 1 atom stereocenters. The van der Waals surface area contributed by atoms with E-state index in [-0.39, 0.29) is 11.9 Å². The molecule has 0 radical (unpaired) electrons. The maximum Gasteiger partial charge on any atom is 0.310 e. The quantitative estimate of drug-likeness (QED) is 0.754. The molecule has 0 aliphatic carbocycles. The summed E-state index contributed by atoms with van der Waals surface area (Å²) in [6.45, 7) is 5.38. The minimum Gasteiger partial charge on any atom is -0.492 e. The lowest BCUT2D eigenvalue weighted by atomic mass is 9.98. The summed E-state index contributed by atoms with van der Waals surface area (Å²) in [6.07, 6.45) is 1.92. The van der Waals surface area contributed by atoms with Crippen LogP contribution in [0.3, 0.4) is 0 Å². The Morgan fingerprint density at radius 1 is 1.41 bits per heavy atom. The van der Waals surface area contributed by atoms with Crippen LogP contribution in [0.2, 0.25) is 0 Å². The molecule has 1 aromatic carbocycles. The van der Waals surface area contributed by atoms with E-state index in [9.17, 15) is 4.79 Å². The molecule has 0 bridgehead atoms. The molecule has 1 aliphatic heterocycles. The predicted octanol–water partition coefficient (Wildman–Crippen LogP) is 2.21. The van der Waals surface area contributed by atoms with Crippen LogP contribution in [0.25, 0.3) is 0 Å². The molecule has 118 valence electrons. The van der Waals surface area contributed by atoms with Gasteiger partial charge < -0.3 is 9.47 Å². The van der Waals surface area contributed by atoms with Crippen LogP contribution in [0.1, 0.15) is 25.3 Å². The molecule has 5 nitrogen and oxygen atoms in total. The highest BCUT2D eigenvalue weighted by molar-refractivity contribution is 5.72. The zero-order chi connectivity index (χ0) is 15.8. The van der Waals surface area contributed by atoms with E-state index in [2.05, 4.69) is 11.0 Å².